The minimum atomic E-state index is -0.0836. The van der Waals surface area contributed by atoms with Crippen LogP contribution in [0.5, 0.6) is 0 Å². The number of hydrogen-bond acceptors (Lipinski definition) is 7. The molecular formula is C28H38N8O2. The van der Waals surface area contributed by atoms with Gasteiger partial charge in [0.05, 0.1) is 11.9 Å². The zero-order valence-electron chi connectivity index (χ0n) is 22.6. The van der Waals surface area contributed by atoms with E-state index in [0.717, 1.165) is 44.2 Å². The van der Waals surface area contributed by atoms with E-state index >= 15 is 0 Å². The van der Waals surface area contributed by atoms with E-state index in [9.17, 15) is 9.59 Å². The Labute approximate surface area is 224 Å². The highest BCUT2D eigenvalue weighted by molar-refractivity contribution is 6.12. The molecule has 2 saturated heterocycles. The molecule has 0 aromatic carbocycles. The lowest BCUT2D eigenvalue weighted by molar-refractivity contribution is -0.126. The summed E-state index contributed by atoms with van der Waals surface area (Å²) in [6, 6.07) is 4.66. The first-order valence-electron chi connectivity index (χ1n) is 13.4. The first kappa shape index (κ1) is 26.0. The van der Waals surface area contributed by atoms with Crippen LogP contribution in [-0.4, -0.2) is 83.1 Å². The molecule has 1 aromatic heterocycles. The van der Waals surface area contributed by atoms with Gasteiger partial charge in [-0.1, -0.05) is 19.4 Å². The number of amides is 2. The maximum Gasteiger partial charge on any atom is 0.270 e. The highest BCUT2D eigenvalue weighted by Gasteiger charge is 2.39. The molecule has 4 aliphatic rings. The van der Waals surface area contributed by atoms with Crippen molar-refractivity contribution in [1.29, 1.82) is 0 Å². The lowest BCUT2D eigenvalue weighted by atomic mass is 10.1. The van der Waals surface area contributed by atoms with Crippen molar-refractivity contribution in [3.8, 4) is 0 Å². The first-order valence-corrected chi connectivity index (χ1v) is 13.4. The highest BCUT2D eigenvalue weighted by atomic mass is 16.2. The van der Waals surface area contributed by atoms with Gasteiger partial charge in [0.2, 0.25) is 5.91 Å². The lowest BCUT2D eigenvalue weighted by Crippen LogP contribution is -2.40. The predicted octanol–water partition coefficient (Wildman–Crippen LogP) is 2.64. The molecule has 2 bridgehead atoms. The molecule has 0 unspecified atom stereocenters. The number of carbonyl (C=O) groups is 2. The highest BCUT2D eigenvalue weighted by Crippen LogP contribution is 2.34. The summed E-state index contributed by atoms with van der Waals surface area (Å²) in [5.74, 6) is 1.64. The van der Waals surface area contributed by atoms with Crippen molar-refractivity contribution in [2.75, 3.05) is 37.9 Å². The zero-order chi connectivity index (χ0) is 27.0. The number of pyridine rings is 1. The standard InChI is InChI=1S/C28H38N8O2/c1-18(32-27-19(15-29)13-24(28(38)33(2)3)36(27)20-7-5-6-8-20)31-25-12-11-22(16-30-25)35-17-23-10-9-21(34(23)4)14-26(35)37/h11-13,15-16,20-21,23H,1,5-10,14,17,29H2,2-4H3,(H,30,31)/b19-15-,32-27+/t21-,23+/m0/s1. The molecule has 1 aromatic rings. The molecule has 1 saturated carbocycles. The molecule has 202 valence electrons. The monoisotopic (exact) mass is 518 g/mol. The van der Waals surface area contributed by atoms with E-state index < -0.39 is 0 Å². The number of aliphatic imine (C=N–C) groups is 1. The summed E-state index contributed by atoms with van der Waals surface area (Å²) in [7, 11) is 5.61. The van der Waals surface area contributed by atoms with Gasteiger partial charge in [-0.2, -0.15) is 0 Å². The van der Waals surface area contributed by atoms with Gasteiger partial charge in [-0.15, -0.1) is 0 Å². The Balaban J connectivity index is 1.32. The van der Waals surface area contributed by atoms with E-state index in [1.165, 1.54) is 6.20 Å². The lowest BCUT2D eigenvalue weighted by Gasteiger charge is -2.30. The van der Waals surface area contributed by atoms with Crippen LogP contribution in [0.3, 0.4) is 0 Å². The van der Waals surface area contributed by atoms with Crippen LogP contribution in [0.2, 0.25) is 0 Å². The molecule has 2 atom stereocenters. The Bertz CT molecular complexity index is 1200. The van der Waals surface area contributed by atoms with Crippen LogP contribution < -0.4 is 16.0 Å². The average Bonchev–Trinajstić information content (AvgIpc) is 3.60. The Morgan fingerprint density at radius 3 is 2.58 bits per heavy atom. The maximum absolute atomic E-state index is 13.0. The molecule has 3 N–H and O–H groups in total. The number of aromatic nitrogens is 1. The fourth-order valence-electron chi connectivity index (χ4n) is 6.05. The van der Waals surface area contributed by atoms with Crippen molar-refractivity contribution in [3.63, 3.8) is 0 Å². The van der Waals surface area contributed by atoms with E-state index in [0.29, 0.717) is 53.8 Å². The number of nitrogens with zero attached hydrogens (tertiary/aromatic N) is 6. The quantitative estimate of drug-likeness (QED) is 0.596. The molecule has 0 radical (unpaired) electrons. The van der Waals surface area contributed by atoms with Crippen molar-refractivity contribution in [1.82, 2.24) is 19.7 Å². The second-order valence-corrected chi connectivity index (χ2v) is 10.8. The summed E-state index contributed by atoms with van der Waals surface area (Å²) < 4.78 is 0. The van der Waals surface area contributed by atoms with Crippen LogP contribution in [0, 0.1) is 0 Å². The molecule has 10 heteroatoms. The third kappa shape index (κ3) is 4.92. The van der Waals surface area contributed by atoms with Gasteiger partial charge >= 0.3 is 0 Å². The van der Waals surface area contributed by atoms with Gasteiger partial charge < -0.3 is 25.8 Å². The molecule has 0 spiro atoms. The van der Waals surface area contributed by atoms with Crippen LogP contribution in [-0.2, 0) is 9.59 Å². The Morgan fingerprint density at radius 2 is 1.92 bits per heavy atom. The summed E-state index contributed by atoms with van der Waals surface area (Å²) in [6.45, 7) is 4.78. The number of hydrogen-bond donors (Lipinski definition) is 2. The van der Waals surface area contributed by atoms with E-state index in [4.69, 9.17) is 10.7 Å². The molecule has 4 heterocycles. The van der Waals surface area contributed by atoms with E-state index in [2.05, 4.69) is 28.8 Å². The molecule has 3 aliphatic heterocycles. The topological polar surface area (TPSA) is 110 Å². The Morgan fingerprint density at radius 1 is 1.18 bits per heavy atom. The van der Waals surface area contributed by atoms with Crippen molar-refractivity contribution in [2.45, 2.75) is 63.1 Å². The van der Waals surface area contributed by atoms with Crippen LogP contribution in [0.15, 0.2) is 59.3 Å². The smallest absolute Gasteiger partial charge is 0.270 e. The zero-order valence-corrected chi connectivity index (χ0v) is 22.6. The van der Waals surface area contributed by atoms with Gasteiger partial charge in [-0.3, -0.25) is 14.5 Å². The minimum Gasteiger partial charge on any atom is -0.404 e. The third-order valence-electron chi connectivity index (χ3n) is 8.20. The van der Waals surface area contributed by atoms with E-state index in [1.807, 2.05) is 28.0 Å². The van der Waals surface area contributed by atoms with Gasteiger partial charge in [0.15, 0.2) is 0 Å². The van der Waals surface area contributed by atoms with Gasteiger partial charge in [0, 0.05) is 57.0 Å². The number of carbonyl (C=O) groups excluding carboxylic acids is 2. The molecule has 38 heavy (non-hydrogen) atoms. The molecule has 3 fully saturated rings. The van der Waals surface area contributed by atoms with E-state index in [-0.39, 0.29) is 17.9 Å². The number of likely N-dealkylation sites (N-methyl/N-ethyl adjacent to an activating group) is 2. The number of nitrogens with one attached hydrogen (secondary N) is 1. The summed E-state index contributed by atoms with van der Waals surface area (Å²) in [6.07, 6.45) is 12.0. The SMILES string of the molecule is C=C(/N=C1\C(=C/N)C=C(C(=O)N(C)C)N1C1CCCC1)Nc1ccc(N2C[C@H]3CC[C@@H](CC2=O)N3C)cn1. The first-order chi connectivity index (χ1) is 18.3. The Hall–Kier alpha value is -3.66. The summed E-state index contributed by atoms with van der Waals surface area (Å²) in [5, 5.41) is 3.16. The summed E-state index contributed by atoms with van der Waals surface area (Å²) in [4.78, 5) is 43.0. The molecule has 5 rings (SSSR count). The fourth-order valence-corrected chi connectivity index (χ4v) is 6.05. The van der Waals surface area contributed by atoms with Crippen molar-refractivity contribution >= 4 is 29.2 Å². The van der Waals surface area contributed by atoms with E-state index in [1.54, 1.807) is 25.2 Å². The van der Waals surface area contributed by atoms with Crippen LogP contribution >= 0.6 is 0 Å². The second kappa shape index (κ2) is 10.6. The van der Waals surface area contributed by atoms with Crippen molar-refractivity contribution in [2.24, 2.45) is 10.7 Å². The average molecular weight is 519 g/mol. The van der Waals surface area contributed by atoms with Crippen LogP contribution in [0.25, 0.3) is 0 Å². The second-order valence-electron chi connectivity index (χ2n) is 10.8. The number of anilines is 2. The fraction of sp³-hybridized carbons (Fsp3) is 0.500. The largest absolute Gasteiger partial charge is 0.404 e. The molecule has 1 aliphatic carbocycles. The van der Waals surface area contributed by atoms with Gasteiger partial charge in [0.25, 0.3) is 5.91 Å². The normalized spacial score (nSPS) is 26.3. The van der Waals surface area contributed by atoms with Gasteiger partial charge in [-0.05, 0) is 50.9 Å². The third-order valence-corrected chi connectivity index (χ3v) is 8.20. The minimum absolute atomic E-state index is 0.0836. The van der Waals surface area contributed by atoms with Crippen molar-refractivity contribution in [3.05, 3.63) is 54.3 Å². The predicted molar refractivity (Wildman–Crippen MR) is 149 cm³/mol. The molecular weight excluding hydrogens is 480 g/mol. The van der Waals surface area contributed by atoms with Gasteiger partial charge in [0.1, 0.15) is 23.2 Å². The van der Waals surface area contributed by atoms with Crippen LogP contribution in [0.1, 0.15) is 44.9 Å². The number of nitrogens with two attached hydrogens (primary N) is 1. The summed E-state index contributed by atoms with van der Waals surface area (Å²) >= 11 is 0. The number of fused-ring (bicyclic) bond motifs is 2. The van der Waals surface area contributed by atoms with Gasteiger partial charge in [-0.25, -0.2) is 9.98 Å². The molecule has 2 amide bonds. The molecule has 10 nitrogen and oxygen atoms in total. The summed E-state index contributed by atoms with van der Waals surface area (Å²) in [5.41, 5.74) is 8.02. The van der Waals surface area contributed by atoms with Crippen LogP contribution in [0.4, 0.5) is 11.5 Å². The Kier molecular flexibility index (Phi) is 7.25. The number of amidine groups is 1. The number of rotatable bonds is 6. The maximum atomic E-state index is 13.0. The van der Waals surface area contributed by atoms with Crippen molar-refractivity contribution < 1.29 is 9.59 Å².